The van der Waals surface area contributed by atoms with Crippen molar-refractivity contribution in [3.63, 3.8) is 0 Å². The van der Waals surface area contributed by atoms with Crippen molar-refractivity contribution in [2.75, 3.05) is 31.2 Å². The van der Waals surface area contributed by atoms with Gasteiger partial charge in [0.15, 0.2) is 0 Å². The molecule has 0 aliphatic carbocycles. The van der Waals surface area contributed by atoms with Crippen molar-refractivity contribution < 1.29 is 13.9 Å². The molecule has 1 saturated heterocycles. The van der Waals surface area contributed by atoms with Gasteiger partial charge >= 0.3 is 0 Å². The maximum absolute atomic E-state index is 13.4. The fourth-order valence-corrected chi connectivity index (χ4v) is 3.04. The number of likely N-dealkylation sites (N-methyl/N-ethyl adjacent to an activating group) is 1. The Balaban J connectivity index is 1.81. The summed E-state index contributed by atoms with van der Waals surface area (Å²) in [7, 11) is 0. The van der Waals surface area contributed by atoms with Crippen LogP contribution in [0.3, 0.4) is 0 Å². The summed E-state index contributed by atoms with van der Waals surface area (Å²) in [6, 6.07) is 4.74. The lowest BCUT2D eigenvalue weighted by molar-refractivity contribution is -0.122. The number of hydrogen-bond acceptors (Lipinski definition) is 3. The number of benzene rings is 1. The van der Waals surface area contributed by atoms with Crippen molar-refractivity contribution in [3.8, 4) is 0 Å². The summed E-state index contributed by atoms with van der Waals surface area (Å²) in [5, 5.41) is 3.29. The van der Waals surface area contributed by atoms with Crippen LogP contribution in [0.2, 0.25) is 0 Å². The normalized spacial score (nSPS) is 25.0. The van der Waals surface area contributed by atoms with Gasteiger partial charge in [0.05, 0.1) is 19.1 Å². The maximum Gasteiger partial charge on any atom is 0.234 e. The zero-order valence-electron chi connectivity index (χ0n) is 11.6. The van der Waals surface area contributed by atoms with Crippen molar-refractivity contribution >= 4 is 11.6 Å². The minimum atomic E-state index is -0.297. The van der Waals surface area contributed by atoms with E-state index in [4.69, 9.17) is 4.74 Å². The highest BCUT2D eigenvalue weighted by atomic mass is 19.1. The number of fused-ring (bicyclic) bond motifs is 1. The van der Waals surface area contributed by atoms with E-state index >= 15 is 0 Å². The Morgan fingerprint density at radius 3 is 3.15 bits per heavy atom. The third-order valence-corrected chi connectivity index (χ3v) is 4.07. The molecule has 2 heterocycles. The van der Waals surface area contributed by atoms with E-state index < -0.39 is 0 Å². The Morgan fingerprint density at radius 2 is 2.35 bits per heavy atom. The van der Waals surface area contributed by atoms with E-state index in [9.17, 15) is 9.18 Å². The molecular formula is C15H19FN2O2. The van der Waals surface area contributed by atoms with Gasteiger partial charge in [-0.25, -0.2) is 4.39 Å². The molecule has 4 nitrogen and oxygen atoms in total. The van der Waals surface area contributed by atoms with E-state index in [-0.39, 0.29) is 23.7 Å². The number of halogens is 1. The standard InChI is InChI=1S/C15H19FN2O2/c1-2-17-13-9-20-8-12(13)15(19)18-6-5-10-3-4-11(16)7-14(10)18/h3-4,7,12-13,17H,2,5-6,8-9H2,1H3. The zero-order valence-corrected chi connectivity index (χ0v) is 11.6. The molecule has 1 fully saturated rings. The molecule has 2 unspecified atom stereocenters. The molecule has 108 valence electrons. The molecule has 2 aliphatic heterocycles. The van der Waals surface area contributed by atoms with Crippen LogP contribution in [-0.2, 0) is 16.0 Å². The first kappa shape index (κ1) is 13.5. The van der Waals surface area contributed by atoms with Crippen LogP contribution in [0, 0.1) is 11.7 Å². The average molecular weight is 278 g/mol. The lowest BCUT2D eigenvalue weighted by Gasteiger charge is -2.24. The Hall–Kier alpha value is -1.46. The summed E-state index contributed by atoms with van der Waals surface area (Å²) in [5.74, 6) is -0.434. The second-order valence-electron chi connectivity index (χ2n) is 5.32. The Bertz CT molecular complexity index is 521. The van der Waals surface area contributed by atoms with E-state index in [0.717, 1.165) is 24.2 Å². The summed E-state index contributed by atoms with van der Waals surface area (Å²) in [4.78, 5) is 14.4. The van der Waals surface area contributed by atoms with Gasteiger partial charge in [-0.15, -0.1) is 0 Å². The third kappa shape index (κ3) is 2.31. The first-order valence-electron chi connectivity index (χ1n) is 7.11. The summed E-state index contributed by atoms with van der Waals surface area (Å²) >= 11 is 0. The molecule has 3 rings (SSSR count). The van der Waals surface area contributed by atoms with Gasteiger partial charge in [0.25, 0.3) is 0 Å². The number of carbonyl (C=O) groups excluding carboxylic acids is 1. The molecule has 1 aromatic rings. The molecule has 1 aromatic carbocycles. The highest BCUT2D eigenvalue weighted by Crippen LogP contribution is 2.31. The van der Waals surface area contributed by atoms with Crippen LogP contribution in [0.5, 0.6) is 0 Å². The molecule has 0 aromatic heterocycles. The number of anilines is 1. The number of amides is 1. The smallest absolute Gasteiger partial charge is 0.234 e. The van der Waals surface area contributed by atoms with Gasteiger partial charge in [0, 0.05) is 18.3 Å². The van der Waals surface area contributed by atoms with Crippen LogP contribution in [0.15, 0.2) is 18.2 Å². The van der Waals surface area contributed by atoms with Crippen molar-refractivity contribution in [2.45, 2.75) is 19.4 Å². The Labute approximate surface area is 117 Å². The summed E-state index contributed by atoms with van der Waals surface area (Å²) < 4.78 is 18.8. The Morgan fingerprint density at radius 1 is 1.50 bits per heavy atom. The van der Waals surface area contributed by atoms with Gasteiger partial charge in [-0.2, -0.15) is 0 Å². The van der Waals surface area contributed by atoms with E-state index in [0.29, 0.717) is 19.8 Å². The molecule has 0 bridgehead atoms. The van der Waals surface area contributed by atoms with E-state index in [1.165, 1.54) is 12.1 Å². The fraction of sp³-hybridized carbons (Fsp3) is 0.533. The topological polar surface area (TPSA) is 41.6 Å². The minimum absolute atomic E-state index is 0.0396. The molecule has 1 amide bonds. The van der Waals surface area contributed by atoms with Gasteiger partial charge in [0.1, 0.15) is 5.82 Å². The van der Waals surface area contributed by atoms with E-state index in [1.807, 2.05) is 6.92 Å². The Kier molecular flexibility index (Phi) is 3.72. The van der Waals surface area contributed by atoms with Gasteiger partial charge in [-0.3, -0.25) is 4.79 Å². The number of hydrogen-bond donors (Lipinski definition) is 1. The molecule has 0 saturated carbocycles. The summed E-state index contributed by atoms with van der Waals surface area (Å²) in [6.07, 6.45) is 0.792. The second kappa shape index (κ2) is 5.50. The van der Waals surface area contributed by atoms with Crippen molar-refractivity contribution in [2.24, 2.45) is 5.92 Å². The highest BCUT2D eigenvalue weighted by Gasteiger charge is 2.38. The lowest BCUT2D eigenvalue weighted by Crippen LogP contribution is -2.45. The third-order valence-electron chi connectivity index (χ3n) is 4.07. The molecule has 20 heavy (non-hydrogen) atoms. The first-order chi connectivity index (χ1) is 9.70. The predicted octanol–water partition coefficient (Wildman–Crippen LogP) is 1.34. The largest absolute Gasteiger partial charge is 0.379 e. The van der Waals surface area contributed by atoms with Crippen LogP contribution < -0.4 is 10.2 Å². The van der Waals surface area contributed by atoms with Crippen molar-refractivity contribution in [1.82, 2.24) is 5.32 Å². The number of rotatable bonds is 3. The van der Waals surface area contributed by atoms with Gasteiger partial charge in [-0.05, 0) is 30.7 Å². The molecule has 1 N–H and O–H groups in total. The average Bonchev–Trinajstić information content (AvgIpc) is 3.04. The molecular weight excluding hydrogens is 259 g/mol. The van der Waals surface area contributed by atoms with Crippen LogP contribution in [0.25, 0.3) is 0 Å². The fourth-order valence-electron chi connectivity index (χ4n) is 3.04. The monoisotopic (exact) mass is 278 g/mol. The number of nitrogens with zero attached hydrogens (tertiary/aromatic N) is 1. The van der Waals surface area contributed by atoms with E-state index in [1.54, 1.807) is 11.0 Å². The van der Waals surface area contributed by atoms with Crippen molar-refractivity contribution in [3.05, 3.63) is 29.6 Å². The molecule has 0 spiro atoms. The lowest BCUT2D eigenvalue weighted by atomic mass is 10.0. The SMILES string of the molecule is CCNC1COCC1C(=O)N1CCc2ccc(F)cc21. The molecule has 2 atom stereocenters. The minimum Gasteiger partial charge on any atom is -0.379 e. The van der Waals surface area contributed by atoms with Crippen LogP contribution >= 0.6 is 0 Å². The number of nitrogens with one attached hydrogen (secondary N) is 1. The quantitative estimate of drug-likeness (QED) is 0.907. The molecule has 2 aliphatic rings. The van der Waals surface area contributed by atoms with Gasteiger partial charge in [-0.1, -0.05) is 13.0 Å². The highest BCUT2D eigenvalue weighted by molar-refractivity contribution is 5.97. The molecule has 5 heteroatoms. The number of carbonyl (C=O) groups is 1. The van der Waals surface area contributed by atoms with Gasteiger partial charge < -0.3 is 15.0 Å². The summed E-state index contributed by atoms with van der Waals surface area (Å²) in [5.41, 5.74) is 1.76. The predicted molar refractivity (Wildman–Crippen MR) is 74.2 cm³/mol. The van der Waals surface area contributed by atoms with Crippen LogP contribution in [0.1, 0.15) is 12.5 Å². The zero-order chi connectivity index (χ0) is 14.1. The maximum atomic E-state index is 13.4. The molecule has 0 radical (unpaired) electrons. The van der Waals surface area contributed by atoms with Gasteiger partial charge in [0.2, 0.25) is 5.91 Å². The van der Waals surface area contributed by atoms with Crippen LogP contribution in [0.4, 0.5) is 10.1 Å². The van der Waals surface area contributed by atoms with Crippen molar-refractivity contribution in [1.29, 1.82) is 0 Å². The van der Waals surface area contributed by atoms with E-state index in [2.05, 4.69) is 5.32 Å². The second-order valence-corrected chi connectivity index (χ2v) is 5.32. The summed E-state index contributed by atoms with van der Waals surface area (Å²) in [6.45, 7) is 4.46. The van der Waals surface area contributed by atoms with Crippen LogP contribution in [-0.4, -0.2) is 38.3 Å². The first-order valence-corrected chi connectivity index (χ1v) is 7.11. The number of ether oxygens (including phenoxy) is 1.